The minimum absolute atomic E-state index is 0.425. The molecule has 15 heavy (non-hydrogen) atoms. The first-order chi connectivity index (χ1) is 7.33. The molecule has 0 aromatic carbocycles. The quantitative estimate of drug-likeness (QED) is 0.702. The molecule has 1 saturated heterocycles. The summed E-state index contributed by atoms with van der Waals surface area (Å²) in [4.78, 5) is 0. The van der Waals surface area contributed by atoms with E-state index in [9.17, 15) is 0 Å². The maximum atomic E-state index is 5.73. The Labute approximate surface area is 93.5 Å². The second-order valence-corrected chi connectivity index (χ2v) is 4.09. The normalized spacial score (nSPS) is 28.2. The van der Waals surface area contributed by atoms with Gasteiger partial charge in [0.05, 0.1) is 12.7 Å². The van der Waals surface area contributed by atoms with E-state index in [-0.39, 0.29) is 0 Å². The Bertz CT molecular complexity index is 164. The fourth-order valence-corrected chi connectivity index (χ4v) is 2.39. The second kappa shape index (κ2) is 7.20. The third kappa shape index (κ3) is 3.74. The highest BCUT2D eigenvalue weighted by Crippen LogP contribution is 2.26. The maximum absolute atomic E-state index is 5.73. The lowest BCUT2D eigenvalue weighted by molar-refractivity contribution is 0.0519. The van der Waals surface area contributed by atoms with Gasteiger partial charge < -0.3 is 14.8 Å². The average molecular weight is 215 g/mol. The lowest BCUT2D eigenvalue weighted by Gasteiger charge is -2.27. The number of nitrogens with one attached hydrogen (secondary N) is 1. The van der Waals surface area contributed by atoms with Crippen molar-refractivity contribution in [2.75, 3.05) is 26.4 Å². The van der Waals surface area contributed by atoms with Crippen molar-refractivity contribution in [1.29, 1.82) is 0 Å². The first kappa shape index (κ1) is 12.9. The van der Waals surface area contributed by atoms with Crippen LogP contribution in [-0.2, 0) is 9.47 Å². The largest absolute Gasteiger partial charge is 0.380 e. The van der Waals surface area contributed by atoms with Crippen molar-refractivity contribution in [1.82, 2.24) is 5.32 Å². The van der Waals surface area contributed by atoms with Gasteiger partial charge in [0.2, 0.25) is 0 Å². The molecular weight excluding hydrogens is 190 g/mol. The summed E-state index contributed by atoms with van der Waals surface area (Å²) in [5, 5.41) is 3.52. The Balaban J connectivity index is 2.45. The Hall–Kier alpha value is -0.120. The number of hydrogen-bond donors (Lipinski definition) is 1. The molecule has 0 spiro atoms. The lowest BCUT2D eigenvalue weighted by Crippen LogP contribution is -2.43. The van der Waals surface area contributed by atoms with Crippen molar-refractivity contribution < 1.29 is 9.47 Å². The van der Waals surface area contributed by atoms with Gasteiger partial charge in [0, 0.05) is 25.2 Å². The third-order valence-electron chi connectivity index (χ3n) is 3.15. The molecule has 0 aromatic rings. The van der Waals surface area contributed by atoms with Crippen LogP contribution in [0, 0.1) is 5.92 Å². The van der Waals surface area contributed by atoms with Crippen LogP contribution in [0.5, 0.6) is 0 Å². The van der Waals surface area contributed by atoms with Crippen molar-refractivity contribution in [3.8, 4) is 0 Å². The summed E-state index contributed by atoms with van der Waals surface area (Å²) < 4.78 is 11.3. The standard InChI is InChI=1S/C12H25NO2/c1-4-12-10(7-8-15-12)11(13-5-2)9-14-6-3/h10-13H,4-9H2,1-3H3. The fourth-order valence-electron chi connectivity index (χ4n) is 2.39. The molecule has 3 unspecified atom stereocenters. The molecule has 1 fully saturated rings. The molecule has 3 heteroatoms. The van der Waals surface area contributed by atoms with E-state index in [1.807, 2.05) is 6.92 Å². The van der Waals surface area contributed by atoms with Crippen LogP contribution >= 0.6 is 0 Å². The summed E-state index contributed by atoms with van der Waals surface area (Å²) in [6.07, 6.45) is 2.71. The highest BCUT2D eigenvalue weighted by atomic mass is 16.5. The van der Waals surface area contributed by atoms with Gasteiger partial charge in [-0.25, -0.2) is 0 Å². The van der Waals surface area contributed by atoms with E-state index < -0.39 is 0 Å². The molecule has 1 rings (SSSR count). The molecule has 0 amide bonds. The van der Waals surface area contributed by atoms with Crippen molar-refractivity contribution in [3.63, 3.8) is 0 Å². The molecular formula is C12H25NO2. The zero-order valence-electron chi connectivity index (χ0n) is 10.3. The van der Waals surface area contributed by atoms with Gasteiger partial charge in [0.25, 0.3) is 0 Å². The summed E-state index contributed by atoms with van der Waals surface area (Å²) in [6.45, 7) is 9.93. The van der Waals surface area contributed by atoms with Gasteiger partial charge in [-0.05, 0) is 26.3 Å². The molecule has 0 radical (unpaired) electrons. The van der Waals surface area contributed by atoms with E-state index in [0.717, 1.165) is 32.8 Å². The van der Waals surface area contributed by atoms with Crippen LogP contribution < -0.4 is 5.32 Å². The minimum atomic E-state index is 0.425. The van der Waals surface area contributed by atoms with E-state index in [2.05, 4.69) is 19.2 Å². The van der Waals surface area contributed by atoms with Crippen LogP contribution in [-0.4, -0.2) is 38.5 Å². The Morgan fingerprint density at radius 3 is 2.80 bits per heavy atom. The molecule has 1 N–H and O–H groups in total. The first-order valence-electron chi connectivity index (χ1n) is 6.26. The van der Waals surface area contributed by atoms with Crippen LogP contribution in [0.25, 0.3) is 0 Å². The smallest absolute Gasteiger partial charge is 0.0623 e. The van der Waals surface area contributed by atoms with E-state index in [0.29, 0.717) is 18.1 Å². The first-order valence-corrected chi connectivity index (χ1v) is 6.26. The van der Waals surface area contributed by atoms with Crippen molar-refractivity contribution >= 4 is 0 Å². The van der Waals surface area contributed by atoms with Gasteiger partial charge in [-0.1, -0.05) is 13.8 Å². The van der Waals surface area contributed by atoms with Crippen molar-refractivity contribution in [2.24, 2.45) is 5.92 Å². The summed E-state index contributed by atoms with van der Waals surface area (Å²) >= 11 is 0. The molecule has 3 nitrogen and oxygen atoms in total. The molecule has 0 aromatic heterocycles. The molecule has 90 valence electrons. The van der Waals surface area contributed by atoms with Gasteiger partial charge in [-0.15, -0.1) is 0 Å². The third-order valence-corrected chi connectivity index (χ3v) is 3.15. The molecule has 0 bridgehead atoms. The Morgan fingerprint density at radius 1 is 1.40 bits per heavy atom. The van der Waals surface area contributed by atoms with Crippen LogP contribution in [0.2, 0.25) is 0 Å². The maximum Gasteiger partial charge on any atom is 0.0623 e. The van der Waals surface area contributed by atoms with Crippen LogP contribution in [0.1, 0.15) is 33.6 Å². The summed E-state index contributed by atoms with van der Waals surface area (Å²) in [5.41, 5.74) is 0. The van der Waals surface area contributed by atoms with Gasteiger partial charge in [0.15, 0.2) is 0 Å². The van der Waals surface area contributed by atoms with Crippen LogP contribution in [0.4, 0.5) is 0 Å². The van der Waals surface area contributed by atoms with E-state index in [4.69, 9.17) is 9.47 Å². The van der Waals surface area contributed by atoms with Crippen LogP contribution in [0.15, 0.2) is 0 Å². The Kier molecular flexibility index (Phi) is 6.22. The van der Waals surface area contributed by atoms with E-state index >= 15 is 0 Å². The summed E-state index contributed by atoms with van der Waals surface area (Å²) in [7, 11) is 0. The molecule has 1 aliphatic heterocycles. The van der Waals surface area contributed by atoms with Gasteiger partial charge in [-0.3, -0.25) is 0 Å². The van der Waals surface area contributed by atoms with E-state index in [1.54, 1.807) is 0 Å². The zero-order chi connectivity index (χ0) is 11.1. The molecule has 3 atom stereocenters. The number of likely N-dealkylation sites (N-methyl/N-ethyl adjacent to an activating group) is 1. The fraction of sp³-hybridized carbons (Fsp3) is 1.00. The Morgan fingerprint density at radius 2 is 2.20 bits per heavy atom. The van der Waals surface area contributed by atoms with E-state index in [1.165, 1.54) is 6.42 Å². The molecule has 1 heterocycles. The van der Waals surface area contributed by atoms with Crippen molar-refractivity contribution in [3.05, 3.63) is 0 Å². The minimum Gasteiger partial charge on any atom is -0.380 e. The highest BCUT2D eigenvalue weighted by molar-refractivity contribution is 4.85. The SMILES string of the molecule is CCNC(COCC)C1CCOC1CC. The molecule has 1 aliphatic rings. The van der Waals surface area contributed by atoms with Crippen molar-refractivity contribution in [2.45, 2.75) is 45.8 Å². The predicted octanol–water partition coefficient (Wildman–Crippen LogP) is 1.82. The molecule has 0 aliphatic carbocycles. The average Bonchev–Trinajstić information content (AvgIpc) is 2.72. The highest BCUT2D eigenvalue weighted by Gasteiger charge is 2.33. The summed E-state index contributed by atoms with van der Waals surface area (Å²) in [6, 6.07) is 0.461. The number of rotatable bonds is 7. The molecule has 0 saturated carbocycles. The van der Waals surface area contributed by atoms with Gasteiger partial charge in [0.1, 0.15) is 0 Å². The number of hydrogen-bond acceptors (Lipinski definition) is 3. The van der Waals surface area contributed by atoms with Crippen LogP contribution in [0.3, 0.4) is 0 Å². The lowest BCUT2D eigenvalue weighted by atomic mass is 9.91. The van der Waals surface area contributed by atoms with Gasteiger partial charge in [-0.2, -0.15) is 0 Å². The second-order valence-electron chi connectivity index (χ2n) is 4.09. The monoisotopic (exact) mass is 215 g/mol. The topological polar surface area (TPSA) is 30.5 Å². The summed E-state index contributed by atoms with van der Waals surface area (Å²) in [5.74, 6) is 0.626. The predicted molar refractivity (Wildman–Crippen MR) is 62.1 cm³/mol. The zero-order valence-corrected chi connectivity index (χ0v) is 10.3. The number of ether oxygens (including phenoxy) is 2. The van der Waals surface area contributed by atoms with Gasteiger partial charge >= 0.3 is 0 Å².